The minimum atomic E-state index is -1.46. The van der Waals surface area contributed by atoms with Crippen LogP contribution in [0.3, 0.4) is 0 Å². The quantitative estimate of drug-likeness (QED) is 0.252. The topological polar surface area (TPSA) is 141 Å². The molecule has 200 valence electrons. The molecule has 2 amide bonds. The first-order chi connectivity index (χ1) is 19.4. The van der Waals surface area contributed by atoms with Gasteiger partial charge in [0.25, 0.3) is 5.91 Å². The lowest BCUT2D eigenvalue weighted by Crippen LogP contribution is -2.55. The Morgan fingerprint density at radius 3 is 2.73 bits per heavy atom. The van der Waals surface area contributed by atoms with Crippen molar-refractivity contribution >= 4 is 50.5 Å². The number of fused-ring (bicyclic) bond motifs is 1. The molecule has 0 radical (unpaired) electrons. The molecule has 3 aromatic carbocycles. The van der Waals surface area contributed by atoms with Gasteiger partial charge in [0.2, 0.25) is 11.6 Å². The molecule has 1 unspecified atom stereocenters. The zero-order valence-electron chi connectivity index (χ0n) is 20.9. The highest BCUT2D eigenvalue weighted by Crippen LogP contribution is 2.35. The van der Waals surface area contributed by atoms with Gasteiger partial charge in [-0.1, -0.05) is 23.5 Å². The van der Waals surface area contributed by atoms with E-state index in [2.05, 4.69) is 37.5 Å². The molecule has 0 bridgehead atoms. The first-order valence-electron chi connectivity index (χ1n) is 12.5. The number of hydrazine groups is 1. The van der Waals surface area contributed by atoms with E-state index >= 15 is 0 Å². The van der Waals surface area contributed by atoms with Gasteiger partial charge in [-0.3, -0.25) is 9.59 Å². The Morgan fingerprint density at radius 1 is 1.12 bits per heavy atom. The van der Waals surface area contributed by atoms with Crippen molar-refractivity contribution in [3.63, 3.8) is 0 Å². The molecule has 12 heteroatoms. The molecule has 1 fully saturated rings. The van der Waals surface area contributed by atoms with Gasteiger partial charge in [-0.25, -0.2) is 19.8 Å². The number of aliphatic imine (C=N–C) groups is 1. The van der Waals surface area contributed by atoms with Crippen molar-refractivity contribution in [1.82, 2.24) is 15.8 Å². The second kappa shape index (κ2) is 10.4. The Labute approximate surface area is 231 Å². The lowest BCUT2D eigenvalue weighted by atomic mass is 9.98. The van der Waals surface area contributed by atoms with Crippen molar-refractivity contribution in [2.75, 3.05) is 10.6 Å². The molecule has 1 atom stereocenters. The molecule has 10 nitrogen and oxygen atoms in total. The summed E-state index contributed by atoms with van der Waals surface area (Å²) in [6.07, 6.45) is 3.29. The van der Waals surface area contributed by atoms with E-state index in [1.54, 1.807) is 42.5 Å². The SMILES string of the molecule is N#Cc1cccc(CC2(C(=O)Nc3cc(Oc4ccc5nc(NC(=O)C6CC6)sc5c4)ccc3F)N=CNN2)c1. The third-order valence-corrected chi connectivity index (χ3v) is 7.41. The summed E-state index contributed by atoms with van der Waals surface area (Å²) in [6, 6.07) is 18.3. The van der Waals surface area contributed by atoms with Gasteiger partial charge in [0, 0.05) is 24.5 Å². The Hall–Kier alpha value is -4.86. The molecule has 6 rings (SSSR count). The van der Waals surface area contributed by atoms with Gasteiger partial charge in [0.05, 0.1) is 33.9 Å². The molecule has 1 aliphatic carbocycles. The van der Waals surface area contributed by atoms with Crippen LogP contribution in [0.4, 0.5) is 15.2 Å². The van der Waals surface area contributed by atoms with E-state index in [0.717, 1.165) is 23.1 Å². The summed E-state index contributed by atoms with van der Waals surface area (Å²) in [5.41, 5.74) is 5.89. The normalized spacial score (nSPS) is 17.7. The molecule has 2 heterocycles. The predicted octanol–water partition coefficient (Wildman–Crippen LogP) is 4.46. The second-order valence-corrected chi connectivity index (χ2v) is 10.5. The van der Waals surface area contributed by atoms with Crippen molar-refractivity contribution in [1.29, 1.82) is 5.26 Å². The maximum atomic E-state index is 14.8. The van der Waals surface area contributed by atoms with Crippen LogP contribution in [0.15, 0.2) is 65.7 Å². The molecular weight excluding hydrogens is 533 g/mol. The zero-order valence-corrected chi connectivity index (χ0v) is 21.7. The van der Waals surface area contributed by atoms with Crippen molar-refractivity contribution in [3.8, 4) is 17.6 Å². The predicted molar refractivity (Wildman–Crippen MR) is 148 cm³/mol. The number of thiazole rings is 1. The number of hydrogen-bond donors (Lipinski definition) is 4. The minimum Gasteiger partial charge on any atom is -0.457 e. The number of aromatic nitrogens is 1. The number of benzene rings is 3. The average molecular weight is 556 g/mol. The summed E-state index contributed by atoms with van der Waals surface area (Å²) in [4.78, 5) is 34.1. The summed E-state index contributed by atoms with van der Waals surface area (Å²) in [5.74, 6) is -0.385. The molecule has 4 aromatic rings. The van der Waals surface area contributed by atoms with Crippen LogP contribution >= 0.6 is 11.3 Å². The number of rotatable bonds is 8. The van der Waals surface area contributed by atoms with Crippen LogP contribution in [0.5, 0.6) is 11.5 Å². The van der Waals surface area contributed by atoms with Gasteiger partial charge in [-0.05, 0) is 54.8 Å². The van der Waals surface area contributed by atoms with E-state index in [1.165, 1.54) is 35.9 Å². The van der Waals surface area contributed by atoms with Gasteiger partial charge in [-0.2, -0.15) is 5.26 Å². The number of carbonyl (C=O) groups excluding carboxylic acids is 2. The fraction of sp³-hybridized carbons (Fsp3) is 0.179. The summed E-state index contributed by atoms with van der Waals surface area (Å²) >= 11 is 1.34. The van der Waals surface area contributed by atoms with E-state index in [-0.39, 0.29) is 23.9 Å². The van der Waals surface area contributed by atoms with E-state index in [1.807, 2.05) is 0 Å². The first kappa shape index (κ1) is 25.4. The lowest BCUT2D eigenvalue weighted by molar-refractivity contribution is -0.122. The molecule has 40 heavy (non-hydrogen) atoms. The van der Waals surface area contributed by atoms with Crippen LogP contribution < -0.4 is 26.2 Å². The number of anilines is 2. The average Bonchev–Trinajstić information content (AvgIpc) is 3.57. The van der Waals surface area contributed by atoms with Gasteiger partial charge in [-0.15, -0.1) is 0 Å². The van der Waals surface area contributed by atoms with Gasteiger partial charge in [0.15, 0.2) is 5.13 Å². The maximum Gasteiger partial charge on any atom is 0.269 e. The number of hydrogen-bond acceptors (Lipinski definition) is 9. The minimum absolute atomic E-state index is 0.0110. The molecule has 1 saturated carbocycles. The molecular formula is C28H22FN7O3S. The van der Waals surface area contributed by atoms with E-state index < -0.39 is 17.4 Å². The van der Waals surface area contributed by atoms with Gasteiger partial charge < -0.3 is 20.8 Å². The monoisotopic (exact) mass is 555 g/mol. The highest BCUT2D eigenvalue weighted by atomic mass is 32.1. The largest absolute Gasteiger partial charge is 0.457 e. The number of amides is 2. The number of carbonyl (C=O) groups is 2. The summed E-state index contributed by atoms with van der Waals surface area (Å²) in [6.45, 7) is 0. The highest BCUT2D eigenvalue weighted by Gasteiger charge is 2.40. The van der Waals surface area contributed by atoms with Crippen LogP contribution in [-0.4, -0.2) is 28.8 Å². The van der Waals surface area contributed by atoms with Crippen LogP contribution in [0.25, 0.3) is 10.2 Å². The van der Waals surface area contributed by atoms with Crippen molar-refractivity contribution in [2.24, 2.45) is 10.9 Å². The fourth-order valence-corrected chi connectivity index (χ4v) is 5.16. The number of nitrogens with zero attached hydrogens (tertiary/aromatic N) is 3. The molecule has 4 N–H and O–H groups in total. The van der Waals surface area contributed by atoms with Crippen LogP contribution in [0.1, 0.15) is 24.0 Å². The summed E-state index contributed by atoms with van der Waals surface area (Å²) in [5, 5.41) is 15.2. The number of nitrogens with one attached hydrogen (secondary N) is 4. The standard InChI is InChI=1S/C28H22FN7O3S/c29-21-8-6-19(39-20-7-9-22-24(12-20)40-27(34-22)35-25(37)18-4-5-18)11-23(21)33-26(38)28(31-15-32-36-28)13-16-2-1-3-17(10-16)14-30/h1-3,6-12,15,18,36H,4-5,13H2,(H,31,32)(H,33,38)(H,34,35,37). The number of halogens is 1. The number of ether oxygens (including phenoxy) is 1. The third-order valence-electron chi connectivity index (χ3n) is 6.48. The van der Waals surface area contributed by atoms with Crippen LogP contribution in [0, 0.1) is 23.1 Å². The molecule has 1 aromatic heterocycles. The Balaban J connectivity index is 1.18. The summed E-state index contributed by atoms with van der Waals surface area (Å²) in [7, 11) is 0. The number of nitriles is 1. The third kappa shape index (κ3) is 5.33. The van der Waals surface area contributed by atoms with Crippen molar-refractivity contribution in [2.45, 2.75) is 24.9 Å². The van der Waals surface area contributed by atoms with Crippen molar-refractivity contribution < 1.29 is 18.7 Å². The molecule has 1 aliphatic heterocycles. The molecule has 2 aliphatic rings. The first-order valence-corrected chi connectivity index (χ1v) is 13.3. The second-order valence-electron chi connectivity index (χ2n) is 9.49. The fourth-order valence-electron chi connectivity index (χ4n) is 4.26. The van der Waals surface area contributed by atoms with Crippen molar-refractivity contribution in [3.05, 3.63) is 77.6 Å². The smallest absolute Gasteiger partial charge is 0.269 e. The summed E-state index contributed by atoms with van der Waals surface area (Å²) < 4.78 is 21.5. The van der Waals surface area contributed by atoms with Gasteiger partial charge in [0.1, 0.15) is 17.3 Å². The Morgan fingerprint density at radius 2 is 1.95 bits per heavy atom. The maximum absolute atomic E-state index is 14.8. The van der Waals surface area contributed by atoms with E-state index in [4.69, 9.17) is 4.74 Å². The molecule has 0 spiro atoms. The highest BCUT2D eigenvalue weighted by molar-refractivity contribution is 7.22. The zero-order chi connectivity index (χ0) is 27.7. The lowest BCUT2D eigenvalue weighted by Gasteiger charge is -2.25. The van der Waals surface area contributed by atoms with Crippen LogP contribution in [0.2, 0.25) is 0 Å². The Kier molecular flexibility index (Phi) is 6.59. The van der Waals surface area contributed by atoms with E-state index in [0.29, 0.717) is 27.8 Å². The van der Waals surface area contributed by atoms with Crippen LogP contribution in [-0.2, 0) is 16.0 Å². The molecule has 0 saturated heterocycles. The van der Waals surface area contributed by atoms with Gasteiger partial charge >= 0.3 is 0 Å². The van der Waals surface area contributed by atoms with E-state index in [9.17, 15) is 19.2 Å². The Bertz CT molecular complexity index is 1710.